The summed E-state index contributed by atoms with van der Waals surface area (Å²) < 4.78 is 34.6. The summed E-state index contributed by atoms with van der Waals surface area (Å²) in [5, 5.41) is 3.62. The van der Waals surface area contributed by atoms with E-state index in [4.69, 9.17) is 16.3 Å². The van der Waals surface area contributed by atoms with Gasteiger partial charge in [0.15, 0.2) is 0 Å². The van der Waals surface area contributed by atoms with E-state index in [0.717, 1.165) is 35.6 Å². The first-order valence-electron chi connectivity index (χ1n) is 15.4. The number of methoxy groups -OCH3 is 1. The molecular formula is C36H38ClN3O5S. The van der Waals surface area contributed by atoms with Gasteiger partial charge < -0.3 is 15.0 Å². The van der Waals surface area contributed by atoms with Crippen LogP contribution in [0.4, 0.5) is 5.69 Å². The molecule has 46 heavy (non-hydrogen) atoms. The smallest absolute Gasteiger partial charge is 0.264 e. The van der Waals surface area contributed by atoms with Gasteiger partial charge in [-0.1, -0.05) is 91.2 Å². The number of benzene rings is 4. The summed E-state index contributed by atoms with van der Waals surface area (Å²) >= 11 is 6.58. The third kappa shape index (κ3) is 8.08. The first-order chi connectivity index (χ1) is 22.3. The summed E-state index contributed by atoms with van der Waals surface area (Å²) in [6, 6.07) is 30.2. The third-order valence-electron chi connectivity index (χ3n) is 8.24. The summed E-state index contributed by atoms with van der Waals surface area (Å²) in [6.45, 7) is -0.536. The topological polar surface area (TPSA) is 96.0 Å². The Balaban J connectivity index is 1.56. The largest absolute Gasteiger partial charge is 0.497 e. The zero-order chi connectivity index (χ0) is 32.5. The molecule has 4 aromatic carbocycles. The molecule has 1 aliphatic rings. The Bertz CT molecular complexity index is 1710. The molecule has 0 unspecified atom stereocenters. The predicted molar refractivity (Wildman–Crippen MR) is 180 cm³/mol. The summed E-state index contributed by atoms with van der Waals surface area (Å²) in [4.78, 5) is 30.2. The lowest BCUT2D eigenvalue weighted by Gasteiger charge is -2.34. The number of sulfonamides is 1. The molecule has 0 radical (unpaired) electrons. The summed E-state index contributed by atoms with van der Waals surface area (Å²) in [5.74, 6) is -0.283. The molecule has 5 rings (SSSR count). The molecule has 4 aromatic rings. The number of rotatable bonds is 13. The van der Waals surface area contributed by atoms with Gasteiger partial charge in [0.25, 0.3) is 10.0 Å². The van der Waals surface area contributed by atoms with Crippen molar-refractivity contribution >= 4 is 39.1 Å². The lowest BCUT2D eigenvalue weighted by Crippen LogP contribution is -2.54. The number of hydrogen-bond acceptors (Lipinski definition) is 5. The van der Waals surface area contributed by atoms with E-state index in [1.807, 2.05) is 36.4 Å². The molecule has 0 aromatic heterocycles. The molecule has 0 bridgehead atoms. The quantitative estimate of drug-likeness (QED) is 0.183. The molecule has 10 heteroatoms. The van der Waals surface area contributed by atoms with Gasteiger partial charge in [0.2, 0.25) is 11.8 Å². The van der Waals surface area contributed by atoms with Crippen molar-refractivity contribution < 1.29 is 22.7 Å². The van der Waals surface area contributed by atoms with Gasteiger partial charge in [0.05, 0.1) is 17.7 Å². The first kappa shape index (κ1) is 33.0. The van der Waals surface area contributed by atoms with Gasteiger partial charge in [-0.3, -0.25) is 13.9 Å². The molecule has 0 spiro atoms. The Hall–Kier alpha value is -4.34. The first-order valence-corrected chi connectivity index (χ1v) is 17.2. The number of carbonyl (C=O) groups is 2. The molecule has 0 aliphatic heterocycles. The minimum Gasteiger partial charge on any atom is -0.497 e. The zero-order valence-corrected chi connectivity index (χ0v) is 27.3. The van der Waals surface area contributed by atoms with Gasteiger partial charge in [-0.25, -0.2) is 8.42 Å². The highest BCUT2D eigenvalue weighted by atomic mass is 35.5. The van der Waals surface area contributed by atoms with Crippen molar-refractivity contribution in [2.75, 3.05) is 18.0 Å². The molecule has 1 aliphatic carbocycles. The van der Waals surface area contributed by atoms with E-state index in [0.29, 0.717) is 16.3 Å². The molecule has 240 valence electrons. The van der Waals surface area contributed by atoms with Crippen LogP contribution in [0, 0.1) is 0 Å². The average Bonchev–Trinajstić information content (AvgIpc) is 3.60. The van der Waals surface area contributed by atoms with E-state index in [1.54, 1.807) is 60.7 Å². The van der Waals surface area contributed by atoms with E-state index in [9.17, 15) is 18.0 Å². The van der Waals surface area contributed by atoms with E-state index < -0.39 is 28.5 Å². The summed E-state index contributed by atoms with van der Waals surface area (Å²) in [6.07, 6.45) is 4.06. The molecule has 8 nitrogen and oxygen atoms in total. The highest BCUT2D eigenvalue weighted by Crippen LogP contribution is 2.28. The predicted octanol–water partition coefficient (Wildman–Crippen LogP) is 6.24. The SMILES string of the molecule is COc1ccc(N(CC(=O)N(Cc2ccccc2Cl)[C@@H](Cc2ccccc2)C(=O)NC2CCCC2)S(=O)(=O)c2ccccc2)cc1. The maximum Gasteiger partial charge on any atom is 0.264 e. The number of nitrogens with zero attached hydrogens (tertiary/aromatic N) is 2. The molecule has 0 heterocycles. The molecule has 1 atom stereocenters. The number of anilines is 1. The summed E-state index contributed by atoms with van der Waals surface area (Å²) in [7, 11) is -2.67. The minimum absolute atomic E-state index is 0.00985. The van der Waals surface area contributed by atoms with E-state index in [1.165, 1.54) is 24.1 Å². The van der Waals surface area contributed by atoms with Gasteiger partial charge in [-0.2, -0.15) is 0 Å². The molecule has 0 saturated heterocycles. The lowest BCUT2D eigenvalue weighted by atomic mass is 10.0. The number of amides is 2. The second-order valence-electron chi connectivity index (χ2n) is 11.3. The highest BCUT2D eigenvalue weighted by Gasteiger charge is 2.35. The van der Waals surface area contributed by atoms with Crippen molar-refractivity contribution in [1.29, 1.82) is 0 Å². The minimum atomic E-state index is -4.19. The maximum atomic E-state index is 14.6. The number of nitrogens with one attached hydrogen (secondary N) is 1. The van der Waals surface area contributed by atoms with Crippen LogP contribution in [-0.4, -0.2) is 50.9 Å². The number of carbonyl (C=O) groups excluding carboxylic acids is 2. The van der Waals surface area contributed by atoms with Crippen LogP contribution >= 0.6 is 11.6 Å². The Morgan fingerprint density at radius 1 is 0.870 bits per heavy atom. The third-order valence-corrected chi connectivity index (χ3v) is 10.4. The number of halogens is 1. The Kier molecular flexibility index (Phi) is 11.0. The van der Waals surface area contributed by atoms with Gasteiger partial charge >= 0.3 is 0 Å². The van der Waals surface area contributed by atoms with E-state index in [2.05, 4.69) is 5.32 Å². The van der Waals surface area contributed by atoms with Gasteiger partial charge in [0, 0.05) is 24.0 Å². The second kappa shape index (κ2) is 15.3. The highest BCUT2D eigenvalue weighted by molar-refractivity contribution is 7.92. The molecular weight excluding hydrogens is 622 g/mol. The second-order valence-corrected chi connectivity index (χ2v) is 13.6. The van der Waals surface area contributed by atoms with Crippen molar-refractivity contribution in [2.45, 2.75) is 55.6 Å². The van der Waals surface area contributed by atoms with Crippen LogP contribution in [0.15, 0.2) is 114 Å². The maximum absolute atomic E-state index is 14.6. The molecule has 1 N–H and O–H groups in total. The Morgan fingerprint density at radius 2 is 1.48 bits per heavy atom. The van der Waals surface area contributed by atoms with Crippen LogP contribution in [0.5, 0.6) is 5.75 Å². The molecule has 1 fully saturated rings. The fourth-order valence-electron chi connectivity index (χ4n) is 5.73. The average molecular weight is 660 g/mol. The van der Waals surface area contributed by atoms with Gasteiger partial charge in [-0.15, -0.1) is 0 Å². The summed E-state index contributed by atoms with van der Waals surface area (Å²) in [5.41, 5.74) is 1.80. The standard InChI is InChI=1S/C36H38ClN3O5S/c1-45-31-22-20-30(21-23-31)40(46(43,44)32-17-6-3-7-18-32)26-35(41)39(25-28-14-8-11-19-33(28)37)34(24-27-12-4-2-5-13-27)36(42)38-29-15-9-10-16-29/h2-8,11-14,17-23,29,34H,9-10,15-16,24-26H2,1H3,(H,38,42)/t34-/m0/s1. The fourth-order valence-corrected chi connectivity index (χ4v) is 7.36. The van der Waals surface area contributed by atoms with Crippen LogP contribution in [-0.2, 0) is 32.6 Å². The van der Waals surface area contributed by atoms with Crippen LogP contribution in [0.3, 0.4) is 0 Å². The number of hydrogen-bond donors (Lipinski definition) is 1. The van der Waals surface area contributed by atoms with Crippen molar-refractivity contribution in [3.8, 4) is 5.75 Å². The van der Waals surface area contributed by atoms with Gasteiger partial charge in [0.1, 0.15) is 18.3 Å². The monoisotopic (exact) mass is 659 g/mol. The van der Waals surface area contributed by atoms with Crippen molar-refractivity contribution in [2.24, 2.45) is 0 Å². The van der Waals surface area contributed by atoms with Crippen LogP contribution < -0.4 is 14.4 Å². The van der Waals surface area contributed by atoms with Crippen LogP contribution in [0.25, 0.3) is 0 Å². The molecule has 1 saturated carbocycles. The Morgan fingerprint density at radius 3 is 2.11 bits per heavy atom. The van der Waals surface area contributed by atoms with Gasteiger partial charge in [-0.05, 0) is 66.4 Å². The van der Waals surface area contributed by atoms with E-state index in [-0.39, 0.29) is 35.5 Å². The van der Waals surface area contributed by atoms with Crippen molar-refractivity contribution in [3.05, 3.63) is 125 Å². The fraction of sp³-hybridized carbons (Fsp3) is 0.278. The Labute approximate surface area is 276 Å². The normalized spacial score (nSPS) is 14.0. The van der Waals surface area contributed by atoms with Crippen LogP contribution in [0.1, 0.15) is 36.8 Å². The van der Waals surface area contributed by atoms with E-state index >= 15 is 0 Å². The van der Waals surface area contributed by atoms with Crippen molar-refractivity contribution in [3.63, 3.8) is 0 Å². The lowest BCUT2D eigenvalue weighted by molar-refractivity contribution is -0.140. The number of ether oxygens (including phenoxy) is 1. The zero-order valence-electron chi connectivity index (χ0n) is 25.7. The van der Waals surface area contributed by atoms with Crippen LogP contribution in [0.2, 0.25) is 5.02 Å². The molecule has 2 amide bonds. The van der Waals surface area contributed by atoms with Crippen molar-refractivity contribution in [1.82, 2.24) is 10.2 Å².